The molecule has 0 bridgehead atoms. The third-order valence-corrected chi connectivity index (χ3v) is 2.91. The maximum Gasteiger partial charge on any atom is 0.153 e. The molecule has 3 nitrogen and oxygen atoms in total. The standard InChI is InChI=1S/C10H9F2N3S/c1-13-5-8-14-15-10(16-8)9-6(11)3-2-4-7(9)12/h2-4,13H,5H2,1H3. The molecule has 16 heavy (non-hydrogen) atoms. The third-order valence-electron chi connectivity index (χ3n) is 1.97. The molecule has 1 aromatic carbocycles. The second-order valence-electron chi connectivity index (χ2n) is 3.13. The second-order valence-corrected chi connectivity index (χ2v) is 4.19. The van der Waals surface area contributed by atoms with E-state index < -0.39 is 11.6 Å². The van der Waals surface area contributed by atoms with Gasteiger partial charge in [-0.1, -0.05) is 17.4 Å². The van der Waals surface area contributed by atoms with Gasteiger partial charge in [0.15, 0.2) is 5.01 Å². The molecule has 6 heteroatoms. The van der Waals surface area contributed by atoms with Crippen molar-refractivity contribution in [2.75, 3.05) is 7.05 Å². The van der Waals surface area contributed by atoms with E-state index in [0.29, 0.717) is 11.6 Å². The molecule has 1 heterocycles. The summed E-state index contributed by atoms with van der Waals surface area (Å²) in [5.41, 5.74) is -0.109. The van der Waals surface area contributed by atoms with Crippen LogP contribution in [0.25, 0.3) is 10.6 Å². The van der Waals surface area contributed by atoms with Crippen molar-refractivity contribution in [3.8, 4) is 10.6 Å². The number of nitrogens with one attached hydrogen (secondary N) is 1. The molecule has 0 spiro atoms. The van der Waals surface area contributed by atoms with Crippen molar-refractivity contribution >= 4 is 11.3 Å². The van der Waals surface area contributed by atoms with Crippen LogP contribution in [0.15, 0.2) is 18.2 Å². The minimum Gasteiger partial charge on any atom is -0.313 e. The molecule has 0 atom stereocenters. The molecule has 0 fully saturated rings. The van der Waals surface area contributed by atoms with Crippen LogP contribution in [0.3, 0.4) is 0 Å². The van der Waals surface area contributed by atoms with Crippen molar-refractivity contribution in [2.45, 2.75) is 6.54 Å². The number of hydrogen-bond donors (Lipinski definition) is 1. The highest BCUT2D eigenvalue weighted by Gasteiger charge is 2.15. The average Bonchev–Trinajstić information content (AvgIpc) is 2.67. The van der Waals surface area contributed by atoms with Gasteiger partial charge in [0.05, 0.1) is 5.56 Å². The van der Waals surface area contributed by atoms with E-state index in [2.05, 4.69) is 15.5 Å². The molecular formula is C10H9F2N3S. The van der Waals surface area contributed by atoms with Crippen LogP contribution in [-0.2, 0) is 6.54 Å². The van der Waals surface area contributed by atoms with Crippen molar-refractivity contribution in [3.63, 3.8) is 0 Å². The Morgan fingerprint density at radius 3 is 2.56 bits per heavy atom. The molecule has 1 N–H and O–H groups in total. The van der Waals surface area contributed by atoms with E-state index in [4.69, 9.17) is 0 Å². The summed E-state index contributed by atoms with van der Waals surface area (Å²) in [6.45, 7) is 0.535. The van der Waals surface area contributed by atoms with Gasteiger partial charge in [-0.2, -0.15) is 0 Å². The highest BCUT2D eigenvalue weighted by molar-refractivity contribution is 7.14. The summed E-state index contributed by atoms with van der Waals surface area (Å²) in [6, 6.07) is 3.73. The zero-order valence-corrected chi connectivity index (χ0v) is 9.31. The van der Waals surface area contributed by atoms with Gasteiger partial charge in [-0.05, 0) is 19.2 Å². The number of nitrogens with zero attached hydrogens (tertiary/aromatic N) is 2. The lowest BCUT2D eigenvalue weighted by molar-refractivity contribution is 0.589. The van der Waals surface area contributed by atoms with Gasteiger partial charge >= 0.3 is 0 Å². The Morgan fingerprint density at radius 2 is 1.94 bits per heavy atom. The van der Waals surface area contributed by atoms with Crippen molar-refractivity contribution < 1.29 is 8.78 Å². The largest absolute Gasteiger partial charge is 0.313 e. The molecule has 0 aliphatic carbocycles. The SMILES string of the molecule is CNCc1nnc(-c2c(F)cccc2F)s1. The number of rotatable bonds is 3. The van der Waals surface area contributed by atoms with Crippen LogP contribution >= 0.6 is 11.3 Å². The van der Waals surface area contributed by atoms with Gasteiger partial charge in [0, 0.05) is 6.54 Å². The Kier molecular flexibility index (Phi) is 3.21. The summed E-state index contributed by atoms with van der Waals surface area (Å²) in [5, 5.41) is 11.5. The highest BCUT2D eigenvalue weighted by atomic mass is 32.1. The summed E-state index contributed by atoms with van der Waals surface area (Å²) in [4.78, 5) is 0. The van der Waals surface area contributed by atoms with E-state index in [1.54, 1.807) is 7.05 Å². The van der Waals surface area contributed by atoms with Gasteiger partial charge in [0.25, 0.3) is 0 Å². The maximum absolute atomic E-state index is 13.4. The second kappa shape index (κ2) is 4.63. The van der Waals surface area contributed by atoms with E-state index in [1.807, 2.05) is 0 Å². The van der Waals surface area contributed by atoms with E-state index in [9.17, 15) is 8.78 Å². The fraction of sp³-hybridized carbons (Fsp3) is 0.200. The summed E-state index contributed by atoms with van der Waals surface area (Å²) < 4.78 is 26.8. The van der Waals surface area contributed by atoms with E-state index in [0.717, 1.165) is 0 Å². The maximum atomic E-state index is 13.4. The summed E-state index contributed by atoms with van der Waals surface area (Å²) in [6.07, 6.45) is 0. The Hall–Kier alpha value is -1.40. The topological polar surface area (TPSA) is 37.8 Å². The number of halogens is 2. The lowest BCUT2D eigenvalue weighted by atomic mass is 10.2. The van der Waals surface area contributed by atoms with Crippen LogP contribution < -0.4 is 5.32 Å². The highest BCUT2D eigenvalue weighted by Crippen LogP contribution is 2.28. The van der Waals surface area contributed by atoms with E-state index >= 15 is 0 Å². The van der Waals surface area contributed by atoms with Crippen molar-refractivity contribution in [1.82, 2.24) is 15.5 Å². The molecule has 0 saturated carbocycles. The van der Waals surface area contributed by atoms with Crippen LogP contribution in [0, 0.1) is 11.6 Å². The van der Waals surface area contributed by atoms with Crippen LogP contribution in [0.4, 0.5) is 8.78 Å². The van der Waals surface area contributed by atoms with Gasteiger partial charge in [-0.15, -0.1) is 10.2 Å². The predicted molar refractivity (Wildman–Crippen MR) is 58.0 cm³/mol. The van der Waals surface area contributed by atoms with Crippen LogP contribution in [0.2, 0.25) is 0 Å². The molecule has 2 aromatic rings. The Labute approximate surface area is 95.1 Å². The zero-order chi connectivity index (χ0) is 11.5. The van der Waals surface area contributed by atoms with Crippen molar-refractivity contribution in [3.05, 3.63) is 34.8 Å². The Morgan fingerprint density at radius 1 is 1.25 bits per heavy atom. The summed E-state index contributed by atoms with van der Waals surface area (Å²) in [5.74, 6) is -1.24. The van der Waals surface area contributed by atoms with Gasteiger partial charge in [-0.25, -0.2) is 8.78 Å². The van der Waals surface area contributed by atoms with Gasteiger partial charge in [-0.3, -0.25) is 0 Å². The Balaban J connectivity index is 2.42. The molecule has 0 aliphatic rings. The monoisotopic (exact) mass is 241 g/mol. The lowest BCUT2D eigenvalue weighted by Crippen LogP contribution is -2.04. The lowest BCUT2D eigenvalue weighted by Gasteiger charge is -1.98. The van der Waals surface area contributed by atoms with Gasteiger partial charge in [0.1, 0.15) is 16.6 Å². The first-order valence-electron chi connectivity index (χ1n) is 4.63. The molecule has 0 unspecified atom stereocenters. The fourth-order valence-electron chi connectivity index (χ4n) is 1.28. The fourth-order valence-corrected chi connectivity index (χ4v) is 2.18. The summed E-state index contributed by atoms with van der Waals surface area (Å²) >= 11 is 1.17. The zero-order valence-electron chi connectivity index (χ0n) is 8.50. The van der Waals surface area contributed by atoms with Crippen LogP contribution in [0.1, 0.15) is 5.01 Å². The average molecular weight is 241 g/mol. The predicted octanol–water partition coefficient (Wildman–Crippen LogP) is 2.20. The van der Waals surface area contributed by atoms with E-state index in [1.165, 1.54) is 29.5 Å². The molecule has 0 amide bonds. The first-order chi connectivity index (χ1) is 7.72. The normalized spacial score (nSPS) is 10.7. The Bertz CT molecular complexity index is 478. The molecule has 1 aromatic heterocycles. The molecule has 0 aliphatic heterocycles. The van der Waals surface area contributed by atoms with Gasteiger partial charge in [0.2, 0.25) is 0 Å². The third kappa shape index (κ3) is 2.07. The van der Waals surface area contributed by atoms with Crippen molar-refractivity contribution in [2.24, 2.45) is 0 Å². The summed E-state index contributed by atoms with van der Waals surface area (Å²) in [7, 11) is 1.77. The quantitative estimate of drug-likeness (QED) is 0.895. The molecule has 2 rings (SSSR count). The minimum atomic E-state index is -0.618. The van der Waals surface area contributed by atoms with E-state index in [-0.39, 0.29) is 10.6 Å². The van der Waals surface area contributed by atoms with Crippen LogP contribution in [0.5, 0.6) is 0 Å². The first-order valence-corrected chi connectivity index (χ1v) is 5.45. The minimum absolute atomic E-state index is 0.109. The molecule has 0 radical (unpaired) electrons. The smallest absolute Gasteiger partial charge is 0.153 e. The number of hydrogen-bond acceptors (Lipinski definition) is 4. The van der Waals surface area contributed by atoms with Crippen molar-refractivity contribution in [1.29, 1.82) is 0 Å². The first kappa shape index (κ1) is 11.1. The number of benzene rings is 1. The number of aromatic nitrogens is 2. The molecular weight excluding hydrogens is 232 g/mol. The molecule has 84 valence electrons. The molecule has 0 saturated heterocycles. The van der Waals surface area contributed by atoms with Gasteiger partial charge < -0.3 is 5.32 Å². The van der Waals surface area contributed by atoms with Crippen LogP contribution in [-0.4, -0.2) is 17.2 Å².